The highest BCUT2D eigenvalue weighted by Gasteiger charge is 2.36. The van der Waals surface area contributed by atoms with E-state index < -0.39 is 46.0 Å². The summed E-state index contributed by atoms with van der Waals surface area (Å²) in [6, 6.07) is 9.46. The number of alkyl halides is 3. The first-order valence-corrected chi connectivity index (χ1v) is 10.5. The molecule has 1 amide bonds. The Kier molecular flexibility index (Phi) is 6.34. The largest absolute Gasteiger partial charge is 0.506 e. The summed E-state index contributed by atoms with van der Waals surface area (Å²) in [5.74, 6) is -1.80. The van der Waals surface area contributed by atoms with E-state index in [4.69, 9.17) is 21.5 Å². The molecule has 0 radical (unpaired) electrons. The third-order valence-electron chi connectivity index (χ3n) is 3.97. The first kappa shape index (κ1) is 23.4. The molecule has 2 aromatic carbocycles. The summed E-state index contributed by atoms with van der Waals surface area (Å²) >= 11 is 6.03. The Hall–Kier alpha value is -3.29. The maximum absolute atomic E-state index is 13.1. The van der Waals surface area contributed by atoms with Gasteiger partial charge in [-0.05, 0) is 30.3 Å². The van der Waals surface area contributed by atoms with Crippen molar-refractivity contribution >= 4 is 33.2 Å². The zero-order chi connectivity index (χ0) is 23.7. The number of carbonyl (C=O) groups excluding carboxylic acids is 1. The van der Waals surface area contributed by atoms with Crippen LogP contribution in [0.3, 0.4) is 0 Å². The fourth-order valence-electron chi connectivity index (χ4n) is 2.52. The number of anilines is 1. The molecule has 9 nitrogen and oxygen atoms in total. The second kappa shape index (κ2) is 8.68. The minimum atomic E-state index is -4.78. The predicted octanol–water partition coefficient (Wildman–Crippen LogP) is 2.92. The van der Waals surface area contributed by atoms with Crippen LogP contribution >= 0.6 is 11.6 Å². The summed E-state index contributed by atoms with van der Waals surface area (Å²) in [4.78, 5) is 11.8. The van der Waals surface area contributed by atoms with Gasteiger partial charge in [-0.25, -0.2) is 13.6 Å². The lowest BCUT2D eigenvalue weighted by Gasteiger charge is -2.11. The van der Waals surface area contributed by atoms with Crippen LogP contribution in [0.15, 0.2) is 53.4 Å². The third kappa shape index (κ3) is 5.30. The van der Waals surface area contributed by atoms with Crippen molar-refractivity contribution in [3.8, 4) is 17.3 Å². The van der Waals surface area contributed by atoms with Gasteiger partial charge >= 0.3 is 6.18 Å². The van der Waals surface area contributed by atoms with Crippen molar-refractivity contribution in [2.24, 2.45) is 5.14 Å². The van der Waals surface area contributed by atoms with E-state index in [9.17, 15) is 31.5 Å². The number of primary sulfonamides is 1. The summed E-state index contributed by atoms with van der Waals surface area (Å²) < 4.78 is 68.2. The van der Waals surface area contributed by atoms with Gasteiger partial charge in [0.1, 0.15) is 5.75 Å². The minimum absolute atomic E-state index is 0.0820. The van der Waals surface area contributed by atoms with Gasteiger partial charge in [-0.15, -0.1) is 0 Å². The maximum Gasteiger partial charge on any atom is 0.435 e. The van der Waals surface area contributed by atoms with Crippen molar-refractivity contribution in [1.29, 1.82) is 0 Å². The molecular formula is C18H14ClF3N4O5S. The molecule has 0 bridgehead atoms. The number of sulfonamides is 1. The lowest BCUT2D eigenvalue weighted by atomic mass is 10.3. The Balaban J connectivity index is 1.83. The number of hydrogen-bond acceptors (Lipinski definition) is 6. The van der Waals surface area contributed by atoms with Crippen molar-refractivity contribution in [2.75, 3.05) is 11.9 Å². The lowest BCUT2D eigenvalue weighted by molar-refractivity contribution is -0.141. The first-order valence-electron chi connectivity index (χ1n) is 8.57. The highest BCUT2D eigenvalue weighted by Crippen LogP contribution is 2.33. The summed E-state index contributed by atoms with van der Waals surface area (Å²) in [5, 5.41) is 20.5. The Morgan fingerprint density at radius 2 is 1.91 bits per heavy atom. The number of phenols is 1. The van der Waals surface area contributed by atoms with Crippen LogP contribution < -0.4 is 15.2 Å². The van der Waals surface area contributed by atoms with Crippen molar-refractivity contribution in [3.63, 3.8) is 0 Å². The van der Waals surface area contributed by atoms with Crippen molar-refractivity contribution in [2.45, 2.75) is 11.1 Å². The highest BCUT2D eigenvalue weighted by molar-refractivity contribution is 7.89. The van der Waals surface area contributed by atoms with Gasteiger partial charge in [0.15, 0.2) is 12.3 Å². The number of hydrogen-bond donors (Lipinski definition) is 3. The van der Waals surface area contributed by atoms with Gasteiger partial charge < -0.3 is 15.2 Å². The molecule has 0 aliphatic carbocycles. The van der Waals surface area contributed by atoms with Crippen LogP contribution in [0.25, 0.3) is 5.69 Å². The second-order valence-electron chi connectivity index (χ2n) is 6.29. The van der Waals surface area contributed by atoms with E-state index in [2.05, 4.69) is 10.4 Å². The molecule has 0 saturated carbocycles. The average Bonchev–Trinajstić information content (AvgIpc) is 3.12. The number of nitrogens with zero attached hydrogens (tertiary/aromatic N) is 2. The molecule has 0 unspecified atom stereocenters. The van der Waals surface area contributed by atoms with Gasteiger partial charge in [0.25, 0.3) is 5.91 Å². The van der Waals surface area contributed by atoms with Crippen LogP contribution in [0.2, 0.25) is 5.02 Å². The summed E-state index contributed by atoms with van der Waals surface area (Å²) in [5.41, 5.74) is -1.48. The second-order valence-corrected chi connectivity index (χ2v) is 8.26. The molecule has 0 saturated heterocycles. The summed E-state index contributed by atoms with van der Waals surface area (Å²) in [7, 11) is -4.11. The topological polar surface area (TPSA) is 137 Å². The highest BCUT2D eigenvalue weighted by atomic mass is 35.5. The van der Waals surface area contributed by atoms with E-state index in [1.54, 1.807) is 6.07 Å². The number of aromatic nitrogens is 2. The molecule has 0 fully saturated rings. The van der Waals surface area contributed by atoms with Gasteiger partial charge in [-0.3, -0.25) is 4.79 Å². The number of phenolic OH excluding ortho intramolecular Hbond substituents is 1. The minimum Gasteiger partial charge on any atom is -0.506 e. The number of ether oxygens (including phenoxy) is 1. The Morgan fingerprint density at radius 3 is 2.53 bits per heavy atom. The van der Waals surface area contributed by atoms with E-state index in [1.165, 1.54) is 18.2 Å². The number of halogens is 4. The van der Waals surface area contributed by atoms with E-state index in [0.717, 1.165) is 22.9 Å². The summed E-state index contributed by atoms with van der Waals surface area (Å²) in [6.07, 6.45) is -4.78. The number of para-hydroxylation sites is 1. The Labute approximate surface area is 184 Å². The predicted molar refractivity (Wildman–Crippen MR) is 107 cm³/mol. The fraction of sp³-hybridized carbons (Fsp3) is 0.111. The number of benzene rings is 2. The zero-order valence-corrected chi connectivity index (χ0v) is 17.4. The van der Waals surface area contributed by atoms with Crippen LogP contribution in [0.5, 0.6) is 11.6 Å². The molecule has 0 spiro atoms. The average molecular weight is 491 g/mol. The van der Waals surface area contributed by atoms with E-state index in [1.807, 2.05) is 0 Å². The maximum atomic E-state index is 13.1. The van der Waals surface area contributed by atoms with E-state index >= 15 is 0 Å². The van der Waals surface area contributed by atoms with E-state index in [-0.39, 0.29) is 21.3 Å². The van der Waals surface area contributed by atoms with E-state index in [0.29, 0.717) is 6.07 Å². The Morgan fingerprint density at radius 1 is 1.22 bits per heavy atom. The van der Waals surface area contributed by atoms with Crippen LogP contribution in [0, 0.1) is 0 Å². The fourth-order valence-corrected chi connectivity index (χ4v) is 3.28. The summed E-state index contributed by atoms with van der Waals surface area (Å²) in [6.45, 7) is -0.799. The molecule has 0 atom stereocenters. The molecule has 3 aromatic rings. The van der Waals surface area contributed by atoms with Crippen LogP contribution in [0.1, 0.15) is 5.69 Å². The smallest absolute Gasteiger partial charge is 0.435 e. The first-order chi connectivity index (χ1) is 14.9. The number of carbonyl (C=O) groups is 1. The van der Waals surface area contributed by atoms with Crippen LogP contribution in [-0.2, 0) is 21.0 Å². The van der Waals surface area contributed by atoms with Crippen LogP contribution in [0.4, 0.5) is 18.9 Å². The molecule has 32 heavy (non-hydrogen) atoms. The van der Waals surface area contributed by atoms with Crippen molar-refractivity contribution < 1.29 is 36.2 Å². The molecule has 1 heterocycles. The van der Waals surface area contributed by atoms with Crippen LogP contribution in [-0.4, -0.2) is 35.8 Å². The molecule has 14 heteroatoms. The van der Waals surface area contributed by atoms with Gasteiger partial charge in [0, 0.05) is 6.07 Å². The van der Waals surface area contributed by atoms with Gasteiger partial charge in [-0.2, -0.15) is 23.0 Å². The molecular weight excluding hydrogens is 477 g/mol. The van der Waals surface area contributed by atoms with Crippen molar-refractivity contribution in [1.82, 2.24) is 9.78 Å². The standard InChI is InChI=1S/C18H14ClF3N4O5S/c19-11-3-1-2-4-13(11)26-17(8-15(25-26)18(20,21)22)31-9-16(28)24-12-7-10(32(23,29)30)5-6-14(12)27/h1-8,27H,9H2,(H,24,28)(H2,23,29,30). The molecule has 0 aliphatic rings. The molecule has 0 aliphatic heterocycles. The van der Waals surface area contributed by atoms with Gasteiger partial charge in [0.2, 0.25) is 15.9 Å². The monoisotopic (exact) mass is 490 g/mol. The van der Waals surface area contributed by atoms with Crippen molar-refractivity contribution in [3.05, 3.63) is 59.2 Å². The molecule has 1 aromatic heterocycles. The van der Waals surface area contributed by atoms with Gasteiger partial charge in [-0.1, -0.05) is 23.7 Å². The third-order valence-corrected chi connectivity index (χ3v) is 5.20. The lowest BCUT2D eigenvalue weighted by Crippen LogP contribution is -2.21. The number of nitrogens with one attached hydrogen (secondary N) is 1. The normalized spacial score (nSPS) is 11.9. The quantitative estimate of drug-likeness (QED) is 0.454. The van der Waals surface area contributed by atoms with Gasteiger partial charge in [0.05, 0.1) is 21.3 Å². The number of amides is 1. The number of nitrogens with two attached hydrogens (primary N) is 1. The Bertz CT molecular complexity index is 1280. The zero-order valence-electron chi connectivity index (χ0n) is 15.8. The SMILES string of the molecule is NS(=O)(=O)c1ccc(O)c(NC(=O)COc2cc(C(F)(F)F)nn2-c2ccccc2Cl)c1. The molecule has 4 N–H and O–H groups in total. The molecule has 3 rings (SSSR count). The number of rotatable bonds is 6. The molecule has 170 valence electrons. The number of aromatic hydroxyl groups is 1.